The first-order valence-electron chi connectivity index (χ1n) is 5.63. The second kappa shape index (κ2) is 5.40. The summed E-state index contributed by atoms with van der Waals surface area (Å²) in [4.78, 5) is 22.2. The Morgan fingerprint density at radius 2 is 1.95 bits per heavy atom. The molecule has 100 valence electrons. The van der Waals surface area contributed by atoms with Crippen molar-refractivity contribution in [3.63, 3.8) is 0 Å². The number of nitrogens with one attached hydrogen (secondary N) is 2. The average molecular weight is 326 g/mol. The molecule has 2 N–H and O–H groups in total. The SMILES string of the molecule is Cc1[nH][nH]c(=O)c1C(C[N+](=O)[O-])c1ccc(Br)cc1. The van der Waals surface area contributed by atoms with Gasteiger partial charge in [-0.2, -0.15) is 0 Å². The predicted octanol–water partition coefficient (Wildman–Crippen LogP) is 2.18. The molecule has 1 unspecified atom stereocenters. The maximum Gasteiger partial charge on any atom is 0.268 e. The fraction of sp³-hybridized carbons (Fsp3) is 0.250. The minimum absolute atomic E-state index is 0.313. The molecule has 1 aromatic carbocycles. The summed E-state index contributed by atoms with van der Waals surface area (Å²) in [6.07, 6.45) is 0. The van der Waals surface area contributed by atoms with Crippen LogP contribution in [0.4, 0.5) is 0 Å². The quantitative estimate of drug-likeness (QED) is 0.666. The third-order valence-corrected chi connectivity index (χ3v) is 3.49. The van der Waals surface area contributed by atoms with E-state index in [1.807, 2.05) is 0 Å². The van der Waals surface area contributed by atoms with Crippen LogP contribution in [0.5, 0.6) is 0 Å². The van der Waals surface area contributed by atoms with Gasteiger partial charge < -0.3 is 5.10 Å². The van der Waals surface area contributed by atoms with Gasteiger partial charge >= 0.3 is 0 Å². The smallest absolute Gasteiger partial charge is 0.268 e. The highest BCUT2D eigenvalue weighted by Crippen LogP contribution is 2.25. The van der Waals surface area contributed by atoms with Crippen LogP contribution in [0.15, 0.2) is 33.5 Å². The predicted molar refractivity (Wildman–Crippen MR) is 74.0 cm³/mol. The average Bonchev–Trinajstić information content (AvgIpc) is 2.67. The molecule has 0 saturated heterocycles. The molecule has 1 aromatic heterocycles. The van der Waals surface area contributed by atoms with Crippen molar-refractivity contribution in [2.24, 2.45) is 0 Å². The van der Waals surface area contributed by atoms with Crippen LogP contribution in [0, 0.1) is 17.0 Å². The van der Waals surface area contributed by atoms with Crippen LogP contribution in [0.2, 0.25) is 0 Å². The Balaban J connectivity index is 2.50. The van der Waals surface area contributed by atoms with Crippen molar-refractivity contribution < 1.29 is 4.92 Å². The van der Waals surface area contributed by atoms with E-state index in [9.17, 15) is 14.9 Å². The lowest BCUT2D eigenvalue weighted by molar-refractivity contribution is -0.481. The largest absolute Gasteiger partial charge is 0.302 e. The van der Waals surface area contributed by atoms with Gasteiger partial charge in [-0.3, -0.25) is 20.0 Å². The Labute approximate surface area is 117 Å². The van der Waals surface area contributed by atoms with Gasteiger partial charge in [0.25, 0.3) is 5.56 Å². The fourth-order valence-electron chi connectivity index (χ4n) is 2.08. The van der Waals surface area contributed by atoms with Crippen molar-refractivity contribution in [3.05, 3.63) is 66.0 Å². The van der Waals surface area contributed by atoms with Gasteiger partial charge in [0.1, 0.15) is 0 Å². The van der Waals surface area contributed by atoms with Crippen molar-refractivity contribution in [2.45, 2.75) is 12.8 Å². The number of hydrogen-bond donors (Lipinski definition) is 2. The first-order chi connectivity index (χ1) is 8.99. The van der Waals surface area contributed by atoms with Gasteiger partial charge in [0.15, 0.2) is 0 Å². The number of aromatic amines is 2. The van der Waals surface area contributed by atoms with E-state index in [-0.39, 0.29) is 12.1 Å². The molecule has 2 aromatic rings. The molecule has 0 bridgehead atoms. The van der Waals surface area contributed by atoms with E-state index in [1.54, 1.807) is 31.2 Å². The van der Waals surface area contributed by atoms with E-state index in [1.165, 1.54) is 0 Å². The zero-order chi connectivity index (χ0) is 14.0. The summed E-state index contributed by atoms with van der Waals surface area (Å²) in [5.41, 5.74) is 1.47. The number of nitro groups is 1. The second-order valence-corrected chi connectivity index (χ2v) is 5.15. The number of rotatable bonds is 4. The Kier molecular flexibility index (Phi) is 3.84. The molecular weight excluding hydrogens is 314 g/mol. The van der Waals surface area contributed by atoms with Crippen molar-refractivity contribution in [2.75, 3.05) is 6.54 Å². The van der Waals surface area contributed by atoms with Crippen molar-refractivity contribution in [3.8, 4) is 0 Å². The maximum absolute atomic E-state index is 11.8. The van der Waals surface area contributed by atoms with Crippen LogP contribution in [0.3, 0.4) is 0 Å². The van der Waals surface area contributed by atoms with E-state index in [0.717, 1.165) is 10.0 Å². The zero-order valence-corrected chi connectivity index (χ0v) is 11.7. The third-order valence-electron chi connectivity index (χ3n) is 2.96. The molecule has 0 fully saturated rings. The Morgan fingerprint density at radius 3 is 2.42 bits per heavy atom. The molecule has 19 heavy (non-hydrogen) atoms. The van der Waals surface area contributed by atoms with Gasteiger partial charge in [-0.25, -0.2) is 0 Å². The van der Waals surface area contributed by atoms with Crippen LogP contribution in [0.25, 0.3) is 0 Å². The van der Waals surface area contributed by atoms with Gasteiger partial charge in [0, 0.05) is 15.1 Å². The number of nitrogens with zero attached hydrogens (tertiary/aromatic N) is 1. The van der Waals surface area contributed by atoms with E-state index < -0.39 is 10.8 Å². The first-order valence-corrected chi connectivity index (χ1v) is 6.42. The first kappa shape index (κ1) is 13.5. The Hall–Kier alpha value is -1.89. The van der Waals surface area contributed by atoms with Crippen LogP contribution >= 0.6 is 15.9 Å². The lowest BCUT2D eigenvalue weighted by atomic mass is 9.92. The Bertz CT molecular complexity index is 645. The van der Waals surface area contributed by atoms with Gasteiger partial charge in [-0.1, -0.05) is 28.1 Å². The van der Waals surface area contributed by atoms with Gasteiger partial charge in [0.05, 0.1) is 11.5 Å². The molecule has 0 aliphatic rings. The molecule has 0 saturated carbocycles. The molecule has 2 rings (SSSR count). The summed E-state index contributed by atoms with van der Waals surface area (Å²) < 4.78 is 0.885. The normalized spacial score (nSPS) is 12.3. The minimum Gasteiger partial charge on any atom is -0.302 e. The number of aryl methyl sites for hydroxylation is 1. The molecule has 1 heterocycles. The van der Waals surface area contributed by atoms with Gasteiger partial charge in [0.2, 0.25) is 6.54 Å². The summed E-state index contributed by atoms with van der Waals surface area (Å²) in [5.74, 6) is -0.557. The highest BCUT2D eigenvalue weighted by atomic mass is 79.9. The van der Waals surface area contributed by atoms with Crippen LogP contribution in [0.1, 0.15) is 22.7 Å². The van der Waals surface area contributed by atoms with E-state index >= 15 is 0 Å². The third kappa shape index (κ3) is 2.93. The number of aromatic nitrogens is 2. The minimum atomic E-state index is -0.557. The molecular formula is C12H12BrN3O3. The second-order valence-electron chi connectivity index (χ2n) is 4.24. The zero-order valence-electron chi connectivity index (χ0n) is 10.1. The summed E-state index contributed by atoms with van der Waals surface area (Å²) in [5, 5.41) is 16.0. The lowest BCUT2D eigenvalue weighted by Gasteiger charge is -2.12. The van der Waals surface area contributed by atoms with E-state index in [4.69, 9.17) is 0 Å². The molecule has 0 aliphatic heterocycles. The number of H-pyrrole nitrogens is 2. The lowest BCUT2D eigenvalue weighted by Crippen LogP contribution is -2.20. The maximum atomic E-state index is 11.8. The van der Waals surface area contributed by atoms with Crippen molar-refractivity contribution >= 4 is 15.9 Å². The monoisotopic (exact) mass is 325 g/mol. The van der Waals surface area contributed by atoms with E-state index in [0.29, 0.717) is 11.3 Å². The highest BCUT2D eigenvalue weighted by molar-refractivity contribution is 9.10. The van der Waals surface area contributed by atoms with Gasteiger partial charge in [-0.05, 0) is 24.6 Å². The number of halogens is 1. The molecule has 0 amide bonds. The fourth-order valence-corrected chi connectivity index (χ4v) is 2.35. The van der Waals surface area contributed by atoms with Crippen LogP contribution in [-0.2, 0) is 0 Å². The molecule has 0 spiro atoms. The van der Waals surface area contributed by atoms with Crippen LogP contribution < -0.4 is 5.56 Å². The summed E-state index contributed by atoms with van der Waals surface area (Å²) in [7, 11) is 0. The molecule has 0 aliphatic carbocycles. The summed E-state index contributed by atoms with van der Waals surface area (Å²) >= 11 is 3.32. The standard InChI is InChI=1S/C12H12BrN3O3/c1-7-11(12(17)15-14-7)10(6-16(18)19)8-2-4-9(13)5-3-8/h2-5,10H,6H2,1H3,(H2,14,15,17). The molecule has 7 heteroatoms. The molecule has 0 radical (unpaired) electrons. The topological polar surface area (TPSA) is 91.8 Å². The van der Waals surface area contributed by atoms with Crippen LogP contribution in [-0.4, -0.2) is 21.7 Å². The van der Waals surface area contributed by atoms with E-state index in [2.05, 4.69) is 26.1 Å². The number of benzene rings is 1. The molecule has 6 nitrogen and oxygen atoms in total. The summed E-state index contributed by atoms with van der Waals surface area (Å²) in [6.45, 7) is 1.41. The van der Waals surface area contributed by atoms with Gasteiger partial charge in [-0.15, -0.1) is 0 Å². The van der Waals surface area contributed by atoms with Crippen molar-refractivity contribution in [1.82, 2.24) is 10.2 Å². The highest BCUT2D eigenvalue weighted by Gasteiger charge is 2.25. The summed E-state index contributed by atoms with van der Waals surface area (Å²) in [6, 6.07) is 7.17. The molecule has 1 atom stereocenters. The van der Waals surface area contributed by atoms with Crippen molar-refractivity contribution in [1.29, 1.82) is 0 Å². The Morgan fingerprint density at radius 1 is 1.32 bits per heavy atom. The number of hydrogen-bond acceptors (Lipinski definition) is 3.